The number of hydrogen-bond donors (Lipinski definition) is 2. The number of halogens is 3. The smallest absolute Gasteiger partial charge is 0.261 e. The zero-order valence-corrected chi connectivity index (χ0v) is 29.0. The summed E-state index contributed by atoms with van der Waals surface area (Å²) in [7, 11) is 0. The molecular weight excluding hydrogens is 678 g/mol. The molecule has 1 aliphatic heterocycles. The van der Waals surface area contributed by atoms with E-state index < -0.39 is 12.5 Å². The summed E-state index contributed by atoms with van der Waals surface area (Å²) in [4.78, 5) is 34.9. The van der Waals surface area contributed by atoms with E-state index in [1.54, 1.807) is 29.2 Å². The van der Waals surface area contributed by atoms with Gasteiger partial charge >= 0.3 is 0 Å². The second-order valence-electron chi connectivity index (χ2n) is 14.0. The van der Waals surface area contributed by atoms with E-state index in [1.807, 2.05) is 41.3 Å². The fraction of sp³-hybridized carbons (Fsp3) is 0.472. The maximum absolute atomic E-state index is 14.0. The number of anilines is 1. The molecule has 3 saturated carbocycles. The number of aromatic nitrogens is 4. The van der Waals surface area contributed by atoms with Crippen molar-refractivity contribution in [2.75, 3.05) is 25.0 Å². The molecule has 1 saturated heterocycles. The van der Waals surface area contributed by atoms with Crippen molar-refractivity contribution in [2.24, 2.45) is 28.2 Å². The first kappa shape index (κ1) is 32.8. The van der Waals surface area contributed by atoms with Crippen LogP contribution >= 0.6 is 15.9 Å². The molecule has 0 radical (unpaired) electrons. The number of nitrogens with one attached hydrogen (secondary N) is 2. The van der Waals surface area contributed by atoms with Gasteiger partial charge in [0.2, 0.25) is 0 Å². The first-order chi connectivity index (χ1) is 23.1. The van der Waals surface area contributed by atoms with Crippen LogP contribution in [0.1, 0.15) is 39.2 Å². The van der Waals surface area contributed by atoms with Crippen molar-refractivity contribution in [1.82, 2.24) is 29.7 Å². The summed E-state index contributed by atoms with van der Waals surface area (Å²) in [5.74, 6) is 2.62. The molecule has 5 atom stereocenters. The highest BCUT2D eigenvalue weighted by Gasteiger charge is 2.56. The standard InChI is InChI=1S/C36H41BrF2N8O/c1-21-27-16-23(36(27,2)3)17-28(21)45-35(46-15-13-42-31(20-46)32(38)39)43-25-8-9-26-29(18-25)44-33(30-19-40-11-12-41-30)47(34(26)48)14-10-22-4-6-24(37)7-5-22/h4-9,11-12,18-19,21,23,27-28,31-32,42H,10,13-17,20H2,1-3H3,(H,43,45)/t21-,23+,27-,28-,31+/m0/s1. The van der Waals surface area contributed by atoms with Crippen molar-refractivity contribution >= 4 is 38.5 Å². The van der Waals surface area contributed by atoms with Crippen LogP contribution in [0.4, 0.5) is 14.5 Å². The number of fused-ring (bicyclic) bond motifs is 3. The normalized spacial score (nSPS) is 25.3. The molecule has 0 unspecified atom stereocenters. The monoisotopic (exact) mass is 718 g/mol. The molecule has 8 rings (SSSR count). The maximum atomic E-state index is 14.0. The SMILES string of the molecule is C[C@@H]1[C@@H](N=C(Nc2ccc3c(=O)n(CCc4ccc(Br)cc4)c(-c4cnccn4)nc3c2)N2CCN[C@@H](C(F)F)C2)C[C@H]2C[C@@H]1C2(C)C. The van der Waals surface area contributed by atoms with Crippen molar-refractivity contribution in [2.45, 2.75) is 65.1 Å². The zero-order valence-electron chi connectivity index (χ0n) is 27.4. The number of hydrogen-bond acceptors (Lipinski definition) is 6. The topological polar surface area (TPSA) is 100 Å². The molecular formula is C36H41BrF2N8O. The summed E-state index contributed by atoms with van der Waals surface area (Å²) in [5.41, 5.74) is 2.93. The van der Waals surface area contributed by atoms with E-state index in [0.29, 0.717) is 83.3 Å². The van der Waals surface area contributed by atoms with E-state index in [0.717, 1.165) is 16.5 Å². The predicted molar refractivity (Wildman–Crippen MR) is 188 cm³/mol. The predicted octanol–water partition coefficient (Wildman–Crippen LogP) is 6.24. The lowest BCUT2D eigenvalue weighted by atomic mass is 9.45. The first-order valence-electron chi connectivity index (χ1n) is 16.7. The van der Waals surface area contributed by atoms with Crippen LogP contribution < -0.4 is 16.2 Å². The molecule has 252 valence electrons. The number of piperazine rings is 1. The minimum absolute atomic E-state index is 0.101. The third kappa shape index (κ3) is 6.36. The van der Waals surface area contributed by atoms with Gasteiger partial charge < -0.3 is 15.5 Å². The van der Waals surface area contributed by atoms with Crippen LogP contribution in [0.15, 0.2) is 75.3 Å². The van der Waals surface area contributed by atoms with Gasteiger partial charge in [0.05, 0.1) is 29.2 Å². The largest absolute Gasteiger partial charge is 0.340 e. The lowest BCUT2D eigenvalue weighted by Crippen LogP contribution is -2.58. The van der Waals surface area contributed by atoms with Crippen molar-refractivity contribution in [3.8, 4) is 11.5 Å². The Kier molecular flexibility index (Phi) is 9.06. The molecule has 3 heterocycles. The van der Waals surface area contributed by atoms with Gasteiger partial charge in [-0.05, 0) is 78.3 Å². The fourth-order valence-electron chi connectivity index (χ4n) is 7.92. The van der Waals surface area contributed by atoms with Gasteiger partial charge in [-0.25, -0.2) is 23.7 Å². The highest BCUT2D eigenvalue weighted by atomic mass is 79.9. The third-order valence-corrected chi connectivity index (χ3v) is 11.5. The number of guanidine groups is 1. The summed E-state index contributed by atoms with van der Waals surface area (Å²) in [6.07, 6.45) is 5.16. The lowest BCUT2D eigenvalue weighted by molar-refractivity contribution is -0.108. The van der Waals surface area contributed by atoms with Gasteiger partial charge in [-0.2, -0.15) is 0 Å². The van der Waals surface area contributed by atoms with E-state index in [-0.39, 0.29) is 18.1 Å². The molecule has 48 heavy (non-hydrogen) atoms. The molecule has 4 aliphatic rings. The summed E-state index contributed by atoms with van der Waals surface area (Å²) < 4.78 is 30.3. The number of benzene rings is 2. The van der Waals surface area contributed by atoms with Gasteiger partial charge in [-0.3, -0.25) is 14.3 Å². The highest BCUT2D eigenvalue weighted by Crippen LogP contribution is 2.61. The Bertz CT molecular complexity index is 1870. The van der Waals surface area contributed by atoms with Gasteiger partial charge in [-0.15, -0.1) is 0 Å². The third-order valence-electron chi connectivity index (χ3n) is 11.0. The maximum Gasteiger partial charge on any atom is 0.261 e. The van der Waals surface area contributed by atoms with Crippen molar-refractivity contribution in [1.29, 1.82) is 0 Å². The molecule has 4 aromatic rings. The van der Waals surface area contributed by atoms with Crippen LogP contribution in [-0.2, 0) is 13.0 Å². The Morgan fingerprint density at radius 3 is 2.69 bits per heavy atom. The van der Waals surface area contributed by atoms with Crippen LogP contribution in [0.5, 0.6) is 0 Å². The molecule has 0 amide bonds. The Morgan fingerprint density at radius 1 is 1.17 bits per heavy atom. The van der Waals surface area contributed by atoms with Gasteiger partial charge in [0, 0.05) is 48.7 Å². The summed E-state index contributed by atoms with van der Waals surface area (Å²) in [6.45, 7) is 8.56. The quantitative estimate of drug-likeness (QED) is 0.173. The second-order valence-corrected chi connectivity index (χ2v) is 14.9. The van der Waals surface area contributed by atoms with E-state index in [9.17, 15) is 13.6 Å². The van der Waals surface area contributed by atoms with Crippen LogP contribution in [-0.4, -0.2) is 68.5 Å². The van der Waals surface area contributed by atoms with Gasteiger partial charge in [0.15, 0.2) is 11.8 Å². The van der Waals surface area contributed by atoms with Crippen molar-refractivity contribution in [3.05, 3.63) is 81.4 Å². The van der Waals surface area contributed by atoms with Gasteiger partial charge in [-0.1, -0.05) is 48.8 Å². The van der Waals surface area contributed by atoms with Crippen LogP contribution in [0, 0.1) is 23.2 Å². The van der Waals surface area contributed by atoms with Crippen LogP contribution in [0.3, 0.4) is 0 Å². The molecule has 12 heteroatoms. The summed E-state index contributed by atoms with van der Waals surface area (Å²) >= 11 is 3.48. The lowest BCUT2D eigenvalue weighted by Gasteiger charge is -2.61. The van der Waals surface area contributed by atoms with E-state index in [4.69, 9.17) is 9.98 Å². The second kappa shape index (κ2) is 13.3. The molecule has 3 aliphatic carbocycles. The van der Waals surface area contributed by atoms with Crippen molar-refractivity contribution < 1.29 is 8.78 Å². The Morgan fingerprint density at radius 2 is 1.98 bits per heavy atom. The molecule has 2 aromatic carbocycles. The number of rotatable bonds is 7. The minimum atomic E-state index is -2.48. The molecule has 4 fully saturated rings. The Balaban J connectivity index is 1.23. The molecule has 0 spiro atoms. The van der Waals surface area contributed by atoms with Crippen LogP contribution in [0.25, 0.3) is 22.4 Å². The number of nitrogens with zero attached hydrogens (tertiary/aromatic N) is 6. The van der Waals surface area contributed by atoms with Crippen molar-refractivity contribution in [3.63, 3.8) is 0 Å². The van der Waals surface area contributed by atoms with Gasteiger partial charge in [0.1, 0.15) is 5.69 Å². The fourth-order valence-corrected chi connectivity index (χ4v) is 8.18. The van der Waals surface area contributed by atoms with E-state index in [1.165, 1.54) is 6.42 Å². The minimum Gasteiger partial charge on any atom is -0.340 e. The first-order valence-corrected chi connectivity index (χ1v) is 17.5. The molecule has 2 aromatic heterocycles. The summed E-state index contributed by atoms with van der Waals surface area (Å²) in [6, 6.07) is 12.7. The van der Waals surface area contributed by atoms with E-state index >= 15 is 0 Å². The number of aryl methyl sites for hydroxylation is 1. The average Bonchev–Trinajstić information content (AvgIpc) is 3.09. The zero-order chi connectivity index (χ0) is 33.6. The number of alkyl halides is 2. The summed E-state index contributed by atoms with van der Waals surface area (Å²) in [5, 5.41) is 6.91. The molecule has 9 nitrogen and oxygen atoms in total. The van der Waals surface area contributed by atoms with Gasteiger partial charge in [0.25, 0.3) is 12.0 Å². The average molecular weight is 720 g/mol. The molecule has 2 bridgehead atoms. The highest BCUT2D eigenvalue weighted by molar-refractivity contribution is 9.10. The van der Waals surface area contributed by atoms with Crippen LogP contribution in [0.2, 0.25) is 0 Å². The molecule has 2 N–H and O–H groups in total. The number of aliphatic imine (C=N–C) groups is 1. The Hall–Kier alpha value is -3.77. The Labute approximate surface area is 287 Å². The van der Waals surface area contributed by atoms with E-state index in [2.05, 4.69) is 57.3 Å².